The Hall–Kier alpha value is -1.11. The van der Waals surface area contributed by atoms with Crippen LogP contribution in [-0.2, 0) is 4.74 Å². The highest BCUT2D eigenvalue weighted by Gasteiger charge is 2.55. The summed E-state index contributed by atoms with van der Waals surface area (Å²) in [5.41, 5.74) is 0.643. The minimum atomic E-state index is -0.297. The van der Waals surface area contributed by atoms with Crippen LogP contribution in [-0.4, -0.2) is 42.8 Å². The van der Waals surface area contributed by atoms with E-state index >= 15 is 0 Å². The maximum atomic E-state index is 12.6. The van der Waals surface area contributed by atoms with Gasteiger partial charge in [-0.25, -0.2) is 4.79 Å². The van der Waals surface area contributed by atoms with Gasteiger partial charge in [0.05, 0.1) is 6.54 Å². The number of anilines is 1. The quantitative estimate of drug-likeness (QED) is 0.732. The SMILES string of the molecule is O=C1O[C@]2(CN3CCC2CC3)CN1c1ccc2scc(Br)c2c1. The summed E-state index contributed by atoms with van der Waals surface area (Å²) in [6.45, 7) is 3.88. The zero-order chi connectivity index (χ0) is 15.6. The number of carbonyl (C=O) groups is 1. The maximum absolute atomic E-state index is 12.6. The molecule has 6 heteroatoms. The molecule has 1 aromatic carbocycles. The van der Waals surface area contributed by atoms with Crippen LogP contribution in [0.15, 0.2) is 28.1 Å². The standard InChI is InChI=1S/C17H17BrN2O2S/c18-14-8-23-15-2-1-12(7-13(14)15)20-10-17(22-16(20)21)9-19-5-3-11(17)4-6-19/h1-2,7-8,11H,3-6,9-10H2/t17-/m1/s1. The minimum Gasteiger partial charge on any atom is -0.439 e. The van der Waals surface area contributed by atoms with E-state index in [9.17, 15) is 4.79 Å². The maximum Gasteiger partial charge on any atom is 0.415 e. The van der Waals surface area contributed by atoms with Gasteiger partial charge in [-0.15, -0.1) is 11.3 Å². The van der Waals surface area contributed by atoms with Gasteiger partial charge < -0.3 is 4.74 Å². The second kappa shape index (κ2) is 4.94. The van der Waals surface area contributed by atoms with Crippen molar-refractivity contribution in [2.75, 3.05) is 31.1 Å². The fraction of sp³-hybridized carbons (Fsp3) is 0.471. The van der Waals surface area contributed by atoms with Gasteiger partial charge in [-0.1, -0.05) is 0 Å². The van der Waals surface area contributed by atoms with E-state index < -0.39 is 0 Å². The van der Waals surface area contributed by atoms with Crippen molar-refractivity contribution in [2.24, 2.45) is 5.92 Å². The van der Waals surface area contributed by atoms with Crippen molar-refractivity contribution >= 4 is 49.1 Å². The molecule has 1 aromatic heterocycles. The first-order valence-corrected chi connectivity index (χ1v) is 9.71. The summed E-state index contributed by atoms with van der Waals surface area (Å²) in [6, 6.07) is 6.22. The van der Waals surface area contributed by atoms with Crippen molar-refractivity contribution in [2.45, 2.75) is 18.4 Å². The molecule has 1 spiro atoms. The Kier molecular flexibility index (Phi) is 3.06. The molecule has 5 heterocycles. The molecule has 0 radical (unpaired) electrons. The molecule has 0 saturated carbocycles. The Bertz CT molecular complexity index is 799. The molecule has 120 valence electrons. The number of halogens is 1. The van der Waals surface area contributed by atoms with Gasteiger partial charge in [0.15, 0.2) is 0 Å². The number of carbonyl (C=O) groups excluding carboxylic acids is 1. The van der Waals surface area contributed by atoms with Crippen LogP contribution in [0.2, 0.25) is 0 Å². The van der Waals surface area contributed by atoms with Crippen LogP contribution in [0.25, 0.3) is 10.1 Å². The number of thiophene rings is 1. The van der Waals surface area contributed by atoms with Gasteiger partial charge in [-0.05, 0) is 60.1 Å². The minimum absolute atomic E-state index is 0.190. The Morgan fingerprint density at radius 2 is 2.09 bits per heavy atom. The van der Waals surface area contributed by atoms with Crippen molar-refractivity contribution in [3.63, 3.8) is 0 Å². The number of hydrogen-bond donors (Lipinski definition) is 0. The summed E-state index contributed by atoms with van der Waals surface area (Å²) < 4.78 is 8.27. The zero-order valence-corrected chi connectivity index (χ0v) is 15.0. The number of hydrogen-bond acceptors (Lipinski definition) is 4. The molecule has 6 rings (SSSR count). The Morgan fingerprint density at radius 3 is 2.83 bits per heavy atom. The fourth-order valence-corrected chi connectivity index (χ4v) is 5.90. The molecule has 4 saturated heterocycles. The Labute approximate surface area is 147 Å². The number of benzene rings is 1. The summed E-state index contributed by atoms with van der Waals surface area (Å²) in [6.07, 6.45) is 2.11. The van der Waals surface area contributed by atoms with Crippen LogP contribution in [0.5, 0.6) is 0 Å². The van der Waals surface area contributed by atoms with Crippen molar-refractivity contribution in [1.82, 2.24) is 4.90 Å². The van der Waals surface area contributed by atoms with Crippen molar-refractivity contribution < 1.29 is 9.53 Å². The molecule has 1 atom stereocenters. The summed E-state index contributed by atoms with van der Waals surface area (Å²) in [5.74, 6) is 0.512. The molecule has 4 nitrogen and oxygen atoms in total. The monoisotopic (exact) mass is 392 g/mol. The lowest BCUT2D eigenvalue weighted by atomic mass is 9.75. The van der Waals surface area contributed by atoms with Crippen LogP contribution in [0.3, 0.4) is 0 Å². The molecule has 4 fully saturated rings. The van der Waals surface area contributed by atoms with Gasteiger partial charge in [0, 0.05) is 38.1 Å². The smallest absolute Gasteiger partial charge is 0.415 e. The predicted molar refractivity (Wildman–Crippen MR) is 95.2 cm³/mol. The highest BCUT2D eigenvalue weighted by molar-refractivity contribution is 9.10. The van der Waals surface area contributed by atoms with Crippen LogP contribution < -0.4 is 4.90 Å². The molecular formula is C17H17BrN2O2S. The number of piperidine rings is 3. The third-order valence-corrected chi connectivity index (χ3v) is 7.50. The fourth-order valence-electron chi connectivity index (χ4n) is 4.36. The molecule has 23 heavy (non-hydrogen) atoms. The normalized spacial score (nSPS) is 32.9. The number of nitrogens with zero attached hydrogens (tertiary/aromatic N) is 2. The van der Waals surface area contributed by atoms with Crippen molar-refractivity contribution in [3.8, 4) is 0 Å². The van der Waals surface area contributed by atoms with Gasteiger partial charge in [0.1, 0.15) is 5.60 Å². The number of amides is 1. The van der Waals surface area contributed by atoms with E-state index in [0.29, 0.717) is 12.5 Å². The van der Waals surface area contributed by atoms with Crippen LogP contribution in [0, 0.1) is 5.92 Å². The predicted octanol–water partition coefficient (Wildman–Crippen LogP) is 4.08. The average molecular weight is 393 g/mol. The van der Waals surface area contributed by atoms with Gasteiger partial charge in [0.25, 0.3) is 0 Å². The van der Waals surface area contributed by atoms with Crippen LogP contribution >= 0.6 is 27.3 Å². The van der Waals surface area contributed by atoms with Crippen LogP contribution in [0.1, 0.15) is 12.8 Å². The number of fused-ring (bicyclic) bond motifs is 3. The van der Waals surface area contributed by atoms with Crippen molar-refractivity contribution in [1.29, 1.82) is 0 Å². The first-order chi connectivity index (χ1) is 11.1. The molecule has 4 aliphatic heterocycles. The van der Waals surface area contributed by atoms with E-state index in [1.807, 2.05) is 11.0 Å². The topological polar surface area (TPSA) is 32.8 Å². The highest BCUT2D eigenvalue weighted by atomic mass is 79.9. The second-order valence-corrected chi connectivity index (χ2v) is 8.60. The van der Waals surface area contributed by atoms with Gasteiger partial charge in [-0.2, -0.15) is 0 Å². The Morgan fingerprint density at radius 1 is 1.26 bits per heavy atom. The molecule has 2 bridgehead atoms. The first kappa shape index (κ1) is 14.3. The van der Waals surface area contributed by atoms with Gasteiger partial charge in [0.2, 0.25) is 0 Å². The largest absolute Gasteiger partial charge is 0.439 e. The van der Waals surface area contributed by atoms with Gasteiger partial charge in [-0.3, -0.25) is 9.80 Å². The molecule has 0 aliphatic carbocycles. The van der Waals surface area contributed by atoms with E-state index in [1.54, 1.807) is 11.3 Å². The molecular weight excluding hydrogens is 376 g/mol. The number of ether oxygens (including phenoxy) is 1. The van der Waals surface area contributed by atoms with Gasteiger partial charge >= 0.3 is 6.09 Å². The molecule has 0 unspecified atom stereocenters. The molecule has 2 aromatic rings. The van der Waals surface area contributed by atoms with E-state index in [1.165, 1.54) is 4.70 Å². The number of rotatable bonds is 1. The van der Waals surface area contributed by atoms with Crippen LogP contribution in [0.4, 0.5) is 10.5 Å². The Balaban J connectivity index is 1.50. The molecule has 4 aliphatic rings. The van der Waals surface area contributed by atoms with E-state index in [-0.39, 0.29) is 11.7 Å². The van der Waals surface area contributed by atoms with E-state index in [4.69, 9.17) is 4.74 Å². The average Bonchev–Trinajstić information content (AvgIpc) is 3.09. The molecule has 0 N–H and O–H groups in total. The summed E-state index contributed by atoms with van der Waals surface area (Å²) in [5, 5.41) is 3.25. The third kappa shape index (κ3) is 2.08. The van der Waals surface area contributed by atoms with Crippen molar-refractivity contribution in [3.05, 3.63) is 28.1 Å². The van der Waals surface area contributed by atoms with E-state index in [2.05, 4.69) is 38.3 Å². The lowest BCUT2D eigenvalue weighted by Gasteiger charge is -2.49. The summed E-state index contributed by atoms with van der Waals surface area (Å²) in [7, 11) is 0. The summed E-state index contributed by atoms with van der Waals surface area (Å²) >= 11 is 5.30. The summed E-state index contributed by atoms with van der Waals surface area (Å²) in [4.78, 5) is 16.8. The lowest BCUT2D eigenvalue weighted by Crippen LogP contribution is -2.61. The first-order valence-electron chi connectivity index (χ1n) is 8.04. The van der Waals surface area contributed by atoms with E-state index in [0.717, 1.165) is 48.0 Å². The third-order valence-electron chi connectivity index (χ3n) is 5.58. The molecule has 1 amide bonds. The highest BCUT2D eigenvalue weighted by Crippen LogP contribution is 2.44. The zero-order valence-electron chi connectivity index (χ0n) is 12.6. The second-order valence-electron chi connectivity index (χ2n) is 6.83. The lowest BCUT2D eigenvalue weighted by molar-refractivity contribution is -0.0881.